The molecule has 1 nitrogen and oxygen atoms in total. The molecule has 0 amide bonds. The van der Waals surface area contributed by atoms with Crippen molar-refractivity contribution in [2.75, 3.05) is 0 Å². The topological polar surface area (TPSA) is 12.9 Å². The van der Waals surface area contributed by atoms with Gasteiger partial charge in [0.1, 0.15) is 0 Å². The van der Waals surface area contributed by atoms with Crippen LogP contribution in [0.1, 0.15) is 57.7 Å². The Hall–Kier alpha value is -1.76. The van der Waals surface area contributed by atoms with Gasteiger partial charge in [-0.3, -0.25) is 0 Å². The Morgan fingerprint density at radius 1 is 1.04 bits per heavy atom. The molecule has 2 aromatic carbocycles. The van der Waals surface area contributed by atoms with Gasteiger partial charge in [-0.15, -0.1) is 29.3 Å². The molecule has 0 fully saturated rings. The van der Waals surface area contributed by atoms with Crippen LogP contribution in [0.2, 0.25) is 0 Å². The van der Waals surface area contributed by atoms with Crippen LogP contribution in [0.15, 0.2) is 54.7 Å². The van der Waals surface area contributed by atoms with Gasteiger partial charge in [0.2, 0.25) is 0 Å². The molecular formula is C25H26IrN-. The summed E-state index contributed by atoms with van der Waals surface area (Å²) in [6.45, 7) is 11.5. The van der Waals surface area contributed by atoms with E-state index in [1.807, 2.05) is 12.3 Å². The van der Waals surface area contributed by atoms with Gasteiger partial charge < -0.3 is 4.98 Å². The maximum atomic E-state index is 4.73. The average Bonchev–Trinajstić information content (AvgIpc) is 2.90. The second-order valence-corrected chi connectivity index (χ2v) is 8.48. The Morgan fingerprint density at radius 2 is 1.78 bits per heavy atom. The fourth-order valence-electron chi connectivity index (χ4n) is 4.16. The van der Waals surface area contributed by atoms with Crippen molar-refractivity contribution in [2.45, 2.75) is 51.9 Å². The molecule has 1 aliphatic carbocycles. The summed E-state index contributed by atoms with van der Waals surface area (Å²) in [6, 6.07) is 20.9. The summed E-state index contributed by atoms with van der Waals surface area (Å²) in [7, 11) is 0. The number of aromatic nitrogens is 1. The minimum absolute atomic E-state index is 0. The number of pyridine rings is 1. The number of fused-ring (bicyclic) bond motifs is 3. The van der Waals surface area contributed by atoms with Gasteiger partial charge in [-0.1, -0.05) is 70.5 Å². The normalized spacial score (nSPS) is 14.3. The molecule has 0 aliphatic heterocycles. The van der Waals surface area contributed by atoms with Crippen LogP contribution in [0.25, 0.3) is 22.4 Å². The molecule has 1 aliphatic rings. The minimum atomic E-state index is -0.0447. The molecule has 0 bridgehead atoms. The third kappa shape index (κ3) is 3.09. The molecule has 2 heteroatoms. The Balaban J connectivity index is 0.00000210. The zero-order chi connectivity index (χ0) is 18.5. The van der Waals surface area contributed by atoms with Crippen molar-refractivity contribution in [2.24, 2.45) is 0 Å². The SMILES string of the molecule is CCC(C)(C)c1ccnc(-c2[c-]ccc3c2C(C)(C)c2ccccc2-3)c1.[Ir]. The summed E-state index contributed by atoms with van der Waals surface area (Å²) in [5.74, 6) is 0. The van der Waals surface area contributed by atoms with Crippen molar-refractivity contribution >= 4 is 0 Å². The number of rotatable bonds is 3. The number of nitrogens with zero attached hydrogens (tertiary/aromatic N) is 1. The summed E-state index contributed by atoms with van der Waals surface area (Å²) in [5, 5.41) is 0. The van der Waals surface area contributed by atoms with Crippen molar-refractivity contribution in [3.05, 3.63) is 77.5 Å². The van der Waals surface area contributed by atoms with E-state index in [0.717, 1.165) is 17.7 Å². The van der Waals surface area contributed by atoms with Gasteiger partial charge >= 0.3 is 0 Å². The molecule has 141 valence electrons. The van der Waals surface area contributed by atoms with Crippen LogP contribution in [0.5, 0.6) is 0 Å². The molecule has 1 aromatic heterocycles. The summed E-state index contributed by atoms with van der Waals surface area (Å²) in [6.07, 6.45) is 3.05. The maximum absolute atomic E-state index is 4.73. The van der Waals surface area contributed by atoms with Crippen LogP contribution in [-0.2, 0) is 30.9 Å². The summed E-state index contributed by atoms with van der Waals surface area (Å²) in [5.41, 5.74) is 9.00. The van der Waals surface area contributed by atoms with E-state index in [0.29, 0.717) is 0 Å². The Kier molecular flexibility index (Phi) is 5.18. The number of hydrogen-bond acceptors (Lipinski definition) is 1. The molecule has 0 unspecified atom stereocenters. The molecular weight excluding hydrogens is 506 g/mol. The first-order valence-electron chi connectivity index (χ1n) is 9.48. The first-order valence-corrected chi connectivity index (χ1v) is 9.48. The van der Waals surface area contributed by atoms with Gasteiger partial charge in [0, 0.05) is 26.3 Å². The van der Waals surface area contributed by atoms with Crippen molar-refractivity contribution in [1.29, 1.82) is 0 Å². The van der Waals surface area contributed by atoms with Gasteiger partial charge in [0.05, 0.1) is 0 Å². The van der Waals surface area contributed by atoms with E-state index >= 15 is 0 Å². The van der Waals surface area contributed by atoms with Crippen LogP contribution in [-0.4, -0.2) is 4.98 Å². The van der Waals surface area contributed by atoms with Crippen LogP contribution < -0.4 is 0 Å². The van der Waals surface area contributed by atoms with Crippen molar-refractivity contribution < 1.29 is 20.1 Å². The molecule has 3 aromatic rings. The molecule has 4 rings (SSSR count). The van der Waals surface area contributed by atoms with E-state index in [1.165, 1.54) is 27.8 Å². The second-order valence-electron chi connectivity index (χ2n) is 8.48. The monoisotopic (exact) mass is 533 g/mol. The zero-order valence-electron chi connectivity index (χ0n) is 16.7. The summed E-state index contributed by atoms with van der Waals surface area (Å²) >= 11 is 0. The summed E-state index contributed by atoms with van der Waals surface area (Å²) in [4.78, 5) is 4.73. The van der Waals surface area contributed by atoms with Gasteiger partial charge in [-0.25, -0.2) is 0 Å². The third-order valence-electron chi connectivity index (χ3n) is 6.19. The maximum Gasteiger partial charge on any atom is 0.0163 e. The van der Waals surface area contributed by atoms with Crippen molar-refractivity contribution in [1.82, 2.24) is 4.98 Å². The van der Waals surface area contributed by atoms with Crippen LogP contribution in [0, 0.1) is 6.07 Å². The van der Waals surface area contributed by atoms with E-state index in [1.54, 1.807) is 0 Å². The Morgan fingerprint density at radius 3 is 2.52 bits per heavy atom. The van der Waals surface area contributed by atoms with Crippen LogP contribution in [0.3, 0.4) is 0 Å². The minimum Gasteiger partial charge on any atom is -0.305 e. The van der Waals surface area contributed by atoms with Crippen molar-refractivity contribution in [3.8, 4) is 22.4 Å². The quantitative estimate of drug-likeness (QED) is 0.349. The van der Waals surface area contributed by atoms with Gasteiger partial charge in [0.15, 0.2) is 0 Å². The average molecular weight is 533 g/mol. The Bertz CT molecular complexity index is 985. The smallest absolute Gasteiger partial charge is 0.0163 e. The van der Waals surface area contributed by atoms with E-state index in [-0.39, 0.29) is 30.9 Å². The van der Waals surface area contributed by atoms with Gasteiger partial charge in [-0.2, -0.15) is 0 Å². The van der Waals surface area contributed by atoms with Gasteiger partial charge in [-0.05, 0) is 45.7 Å². The molecule has 1 heterocycles. The first kappa shape index (κ1) is 20.0. The second kappa shape index (κ2) is 7.00. The molecule has 0 saturated carbocycles. The number of hydrogen-bond donors (Lipinski definition) is 0. The largest absolute Gasteiger partial charge is 0.305 e. The molecule has 0 atom stereocenters. The first-order chi connectivity index (χ1) is 12.4. The molecule has 0 N–H and O–H groups in total. The molecule has 1 radical (unpaired) electrons. The Labute approximate surface area is 176 Å². The molecule has 0 saturated heterocycles. The third-order valence-corrected chi connectivity index (χ3v) is 6.19. The zero-order valence-corrected chi connectivity index (χ0v) is 19.1. The standard InChI is InChI=1S/C25H26N.Ir/c1-6-24(2,3)17-14-15-26-22(16-17)20-12-9-11-19-18-10-7-8-13-21(18)25(4,5)23(19)20;/h7-11,13-16H,6H2,1-5H3;/q-1;. The molecule has 0 spiro atoms. The van der Waals surface area contributed by atoms with E-state index in [2.05, 4.69) is 83.1 Å². The fourth-order valence-corrected chi connectivity index (χ4v) is 4.16. The predicted molar refractivity (Wildman–Crippen MR) is 109 cm³/mol. The molecule has 27 heavy (non-hydrogen) atoms. The fraction of sp³-hybridized carbons (Fsp3) is 0.320. The van der Waals surface area contributed by atoms with Crippen LogP contribution >= 0.6 is 0 Å². The predicted octanol–water partition coefficient (Wildman–Crippen LogP) is 6.54. The van der Waals surface area contributed by atoms with E-state index in [9.17, 15) is 0 Å². The van der Waals surface area contributed by atoms with Crippen LogP contribution in [0.4, 0.5) is 0 Å². The van der Waals surface area contributed by atoms with Crippen molar-refractivity contribution in [3.63, 3.8) is 0 Å². The van der Waals surface area contributed by atoms with Gasteiger partial charge in [0.25, 0.3) is 0 Å². The summed E-state index contributed by atoms with van der Waals surface area (Å²) < 4.78 is 0. The van der Waals surface area contributed by atoms with E-state index in [4.69, 9.17) is 4.98 Å². The number of benzene rings is 2. The van der Waals surface area contributed by atoms with E-state index < -0.39 is 0 Å².